The number of carbonyl (C=O) groups excluding carboxylic acids is 1. The van der Waals surface area contributed by atoms with Crippen molar-refractivity contribution in [3.05, 3.63) is 59.2 Å². The van der Waals surface area contributed by atoms with Gasteiger partial charge in [0.2, 0.25) is 0 Å². The summed E-state index contributed by atoms with van der Waals surface area (Å²) in [6, 6.07) is 15.0. The standard InChI is InChI=1S/C19H19N3O2/c1-13-11-22(12-16-6-3-4-9-18(16)24-13)19(23)21-17-8-5-7-15(10-20)14(17)2/h3-9,13H,11-12H2,1-2H3,(H,21,23)/t13-/m1/s1. The Hall–Kier alpha value is -3.00. The molecule has 0 saturated heterocycles. The summed E-state index contributed by atoms with van der Waals surface area (Å²) in [4.78, 5) is 14.4. The molecule has 1 N–H and O–H groups in total. The van der Waals surface area contributed by atoms with Crippen LogP contribution in [0.25, 0.3) is 0 Å². The molecule has 0 saturated carbocycles. The third-order valence-electron chi connectivity index (χ3n) is 4.12. The van der Waals surface area contributed by atoms with E-state index in [9.17, 15) is 4.79 Å². The molecule has 3 rings (SSSR count). The minimum absolute atomic E-state index is 0.0917. The van der Waals surface area contributed by atoms with E-state index in [2.05, 4.69) is 11.4 Å². The van der Waals surface area contributed by atoms with Crippen molar-refractivity contribution >= 4 is 11.7 Å². The van der Waals surface area contributed by atoms with Gasteiger partial charge in [-0.25, -0.2) is 4.79 Å². The van der Waals surface area contributed by atoms with Crippen molar-refractivity contribution in [2.24, 2.45) is 0 Å². The lowest BCUT2D eigenvalue weighted by molar-refractivity contribution is 0.167. The fourth-order valence-corrected chi connectivity index (χ4v) is 2.83. The van der Waals surface area contributed by atoms with Crippen LogP contribution in [0.2, 0.25) is 0 Å². The van der Waals surface area contributed by atoms with Crippen LogP contribution in [0, 0.1) is 18.3 Å². The summed E-state index contributed by atoms with van der Waals surface area (Å²) in [5, 5.41) is 12.0. The second-order valence-electron chi connectivity index (χ2n) is 5.94. The maximum atomic E-state index is 12.7. The van der Waals surface area contributed by atoms with Gasteiger partial charge in [0.25, 0.3) is 0 Å². The first-order chi connectivity index (χ1) is 11.6. The normalized spacial score (nSPS) is 16.4. The molecule has 0 spiro atoms. The van der Waals surface area contributed by atoms with Gasteiger partial charge in [-0.05, 0) is 37.6 Å². The fraction of sp³-hybridized carbons (Fsp3) is 0.263. The smallest absolute Gasteiger partial charge is 0.322 e. The van der Waals surface area contributed by atoms with Crippen LogP contribution in [-0.2, 0) is 6.54 Å². The molecule has 0 aliphatic carbocycles. The van der Waals surface area contributed by atoms with Crippen LogP contribution in [0.15, 0.2) is 42.5 Å². The molecule has 1 heterocycles. The molecule has 2 aromatic carbocycles. The molecule has 0 bridgehead atoms. The number of nitriles is 1. The third-order valence-corrected chi connectivity index (χ3v) is 4.12. The summed E-state index contributed by atoms with van der Waals surface area (Å²) >= 11 is 0. The number of nitrogens with zero attached hydrogens (tertiary/aromatic N) is 2. The molecule has 1 atom stereocenters. The lowest BCUT2D eigenvalue weighted by Gasteiger charge is -2.23. The van der Waals surface area contributed by atoms with E-state index in [0.29, 0.717) is 24.3 Å². The number of carbonyl (C=O) groups is 1. The van der Waals surface area contributed by atoms with Crippen molar-refractivity contribution in [2.45, 2.75) is 26.5 Å². The van der Waals surface area contributed by atoms with Crippen LogP contribution in [0.5, 0.6) is 5.75 Å². The summed E-state index contributed by atoms with van der Waals surface area (Å²) in [6.07, 6.45) is -0.0917. The molecule has 0 aromatic heterocycles. The largest absolute Gasteiger partial charge is 0.489 e. The summed E-state index contributed by atoms with van der Waals surface area (Å²) in [6.45, 7) is 4.77. The number of ether oxygens (including phenoxy) is 1. The van der Waals surface area contributed by atoms with Crippen molar-refractivity contribution in [3.63, 3.8) is 0 Å². The average molecular weight is 321 g/mol. The van der Waals surface area contributed by atoms with Crippen LogP contribution < -0.4 is 10.1 Å². The van der Waals surface area contributed by atoms with E-state index in [1.807, 2.05) is 38.1 Å². The second-order valence-corrected chi connectivity index (χ2v) is 5.94. The number of para-hydroxylation sites is 1. The van der Waals surface area contributed by atoms with Gasteiger partial charge in [0.05, 0.1) is 24.7 Å². The molecule has 122 valence electrons. The van der Waals surface area contributed by atoms with Crippen molar-refractivity contribution in [1.82, 2.24) is 4.90 Å². The highest BCUT2D eigenvalue weighted by atomic mass is 16.5. The minimum Gasteiger partial charge on any atom is -0.489 e. The van der Waals surface area contributed by atoms with Crippen molar-refractivity contribution < 1.29 is 9.53 Å². The first kappa shape index (κ1) is 15.9. The van der Waals surface area contributed by atoms with Gasteiger partial charge in [-0.1, -0.05) is 24.3 Å². The lowest BCUT2D eigenvalue weighted by Crippen LogP contribution is -2.39. The molecule has 5 heteroatoms. The van der Waals surface area contributed by atoms with E-state index in [1.54, 1.807) is 23.1 Å². The molecule has 2 aromatic rings. The molecular formula is C19H19N3O2. The van der Waals surface area contributed by atoms with Gasteiger partial charge < -0.3 is 15.0 Å². The van der Waals surface area contributed by atoms with Crippen LogP contribution in [-0.4, -0.2) is 23.6 Å². The van der Waals surface area contributed by atoms with E-state index in [0.717, 1.165) is 16.9 Å². The van der Waals surface area contributed by atoms with E-state index in [1.165, 1.54) is 0 Å². The van der Waals surface area contributed by atoms with Crippen molar-refractivity contribution in [3.8, 4) is 11.8 Å². The number of urea groups is 1. The fourth-order valence-electron chi connectivity index (χ4n) is 2.83. The molecule has 1 aliphatic rings. The first-order valence-corrected chi connectivity index (χ1v) is 7.88. The number of benzene rings is 2. The highest BCUT2D eigenvalue weighted by Crippen LogP contribution is 2.25. The zero-order chi connectivity index (χ0) is 17.1. The maximum absolute atomic E-state index is 12.7. The quantitative estimate of drug-likeness (QED) is 0.871. The zero-order valence-corrected chi connectivity index (χ0v) is 13.7. The Morgan fingerprint density at radius 1 is 1.29 bits per heavy atom. The Morgan fingerprint density at radius 3 is 2.88 bits per heavy atom. The molecule has 5 nitrogen and oxygen atoms in total. The van der Waals surface area contributed by atoms with Gasteiger partial charge in [-0.2, -0.15) is 5.26 Å². The van der Waals surface area contributed by atoms with Gasteiger partial charge in [-0.3, -0.25) is 0 Å². The van der Waals surface area contributed by atoms with Crippen molar-refractivity contribution in [2.75, 3.05) is 11.9 Å². The van der Waals surface area contributed by atoms with Gasteiger partial charge in [0.1, 0.15) is 11.9 Å². The SMILES string of the molecule is Cc1c(C#N)cccc1NC(=O)N1Cc2ccccc2O[C@H](C)C1. The third kappa shape index (κ3) is 3.18. The Balaban J connectivity index is 1.82. The van der Waals surface area contributed by atoms with Crippen LogP contribution in [0.1, 0.15) is 23.6 Å². The zero-order valence-electron chi connectivity index (χ0n) is 13.7. The molecule has 2 amide bonds. The Labute approximate surface area is 141 Å². The number of fused-ring (bicyclic) bond motifs is 1. The summed E-state index contributed by atoms with van der Waals surface area (Å²) < 4.78 is 5.88. The summed E-state index contributed by atoms with van der Waals surface area (Å²) in [5.74, 6) is 0.822. The van der Waals surface area contributed by atoms with Gasteiger partial charge in [0, 0.05) is 11.3 Å². The van der Waals surface area contributed by atoms with E-state index in [-0.39, 0.29) is 12.1 Å². The van der Waals surface area contributed by atoms with Gasteiger partial charge >= 0.3 is 6.03 Å². The molecule has 0 fully saturated rings. The van der Waals surface area contributed by atoms with Crippen LogP contribution >= 0.6 is 0 Å². The number of nitrogens with one attached hydrogen (secondary N) is 1. The van der Waals surface area contributed by atoms with Crippen molar-refractivity contribution in [1.29, 1.82) is 5.26 Å². The van der Waals surface area contributed by atoms with E-state index in [4.69, 9.17) is 10.00 Å². The topological polar surface area (TPSA) is 65.4 Å². The maximum Gasteiger partial charge on any atom is 0.322 e. The predicted octanol–water partition coefficient (Wildman–Crippen LogP) is 3.68. The molecule has 24 heavy (non-hydrogen) atoms. The number of rotatable bonds is 1. The monoisotopic (exact) mass is 321 g/mol. The van der Waals surface area contributed by atoms with E-state index < -0.39 is 0 Å². The predicted molar refractivity (Wildman–Crippen MR) is 91.9 cm³/mol. The second kappa shape index (κ2) is 6.63. The first-order valence-electron chi connectivity index (χ1n) is 7.88. The Bertz CT molecular complexity index is 810. The van der Waals surface area contributed by atoms with E-state index >= 15 is 0 Å². The molecular weight excluding hydrogens is 302 g/mol. The number of amides is 2. The molecule has 0 radical (unpaired) electrons. The molecule has 1 aliphatic heterocycles. The molecule has 0 unspecified atom stereocenters. The Kier molecular flexibility index (Phi) is 4.39. The highest BCUT2D eigenvalue weighted by Gasteiger charge is 2.24. The number of hydrogen-bond acceptors (Lipinski definition) is 3. The highest BCUT2D eigenvalue weighted by molar-refractivity contribution is 5.90. The number of anilines is 1. The van der Waals surface area contributed by atoms with Gasteiger partial charge in [0.15, 0.2) is 0 Å². The lowest BCUT2D eigenvalue weighted by atomic mass is 10.1. The summed E-state index contributed by atoms with van der Waals surface area (Å²) in [5.41, 5.74) is 2.98. The average Bonchev–Trinajstić information content (AvgIpc) is 2.74. The van der Waals surface area contributed by atoms with Crippen LogP contribution in [0.3, 0.4) is 0 Å². The summed E-state index contributed by atoms with van der Waals surface area (Å²) in [7, 11) is 0. The number of hydrogen-bond donors (Lipinski definition) is 1. The minimum atomic E-state index is -0.194. The Morgan fingerprint density at radius 2 is 2.08 bits per heavy atom. The van der Waals surface area contributed by atoms with Gasteiger partial charge in [-0.15, -0.1) is 0 Å². The van der Waals surface area contributed by atoms with Crippen LogP contribution in [0.4, 0.5) is 10.5 Å².